The van der Waals surface area contributed by atoms with Crippen LogP contribution < -0.4 is 11.1 Å². The number of nitrogens with two attached hydrogens (primary N) is 1. The summed E-state index contributed by atoms with van der Waals surface area (Å²) < 4.78 is 1.05. The zero-order valence-corrected chi connectivity index (χ0v) is 11.9. The van der Waals surface area contributed by atoms with E-state index in [0.29, 0.717) is 6.54 Å². The molecule has 0 bridgehead atoms. The predicted octanol–water partition coefficient (Wildman–Crippen LogP) is 2.50. The number of benzene rings is 1. The fraction of sp³-hybridized carbons (Fsp3) is 0.462. The van der Waals surface area contributed by atoms with Crippen LogP contribution >= 0.6 is 15.9 Å². The Morgan fingerprint density at radius 2 is 2.24 bits per heavy atom. The van der Waals surface area contributed by atoms with Gasteiger partial charge in [-0.2, -0.15) is 0 Å². The Bertz CT molecular complexity index is 393. The maximum atomic E-state index is 11.6. The summed E-state index contributed by atoms with van der Waals surface area (Å²) in [5.41, 5.74) is 8.01. The van der Waals surface area contributed by atoms with Crippen molar-refractivity contribution >= 4 is 21.8 Å². The van der Waals surface area contributed by atoms with Crippen molar-refractivity contribution in [1.82, 2.24) is 5.32 Å². The SMILES string of the molecule is CCCC(N)C(=O)NCc1ccc(Br)cc1C. The van der Waals surface area contributed by atoms with Gasteiger partial charge in [-0.05, 0) is 36.6 Å². The fourth-order valence-corrected chi connectivity index (χ4v) is 2.09. The summed E-state index contributed by atoms with van der Waals surface area (Å²) in [5, 5.41) is 2.86. The second-order valence-electron chi connectivity index (χ2n) is 4.18. The molecule has 94 valence electrons. The van der Waals surface area contributed by atoms with Crippen LogP contribution in [0.2, 0.25) is 0 Å². The van der Waals surface area contributed by atoms with Crippen LogP contribution in [0.4, 0.5) is 0 Å². The molecule has 0 radical (unpaired) electrons. The fourth-order valence-electron chi connectivity index (χ4n) is 1.61. The van der Waals surface area contributed by atoms with Crippen molar-refractivity contribution in [3.05, 3.63) is 33.8 Å². The summed E-state index contributed by atoms with van der Waals surface area (Å²) in [7, 11) is 0. The summed E-state index contributed by atoms with van der Waals surface area (Å²) in [6.45, 7) is 4.58. The molecule has 0 saturated carbocycles. The van der Waals surface area contributed by atoms with Crippen LogP contribution in [0.3, 0.4) is 0 Å². The molecule has 1 rings (SSSR count). The number of carbonyl (C=O) groups excluding carboxylic acids is 1. The Hall–Kier alpha value is -0.870. The molecule has 0 aliphatic carbocycles. The summed E-state index contributed by atoms with van der Waals surface area (Å²) in [6, 6.07) is 5.62. The first kappa shape index (κ1) is 14.2. The molecule has 1 unspecified atom stereocenters. The predicted molar refractivity (Wildman–Crippen MR) is 73.6 cm³/mol. The maximum Gasteiger partial charge on any atom is 0.237 e. The van der Waals surface area contributed by atoms with Crippen LogP contribution in [0.15, 0.2) is 22.7 Å². The lowest BCUT2D eigenvalue weighted by molar-refractivity contribution is -0.122. The molecule has 3 N–H and O–H groups in total. The van der Waals surface area contributed by atoms with Gasteiger partial charge in [-0.3, -0.25) is 4.79 Å². The highest BCUT2D eigenvalue weighted by Gasteiger charge is 2.11. The Morgan fingerprint density at radius 3 is 2.82 bits per heavy atom. The van der Waals surface area contributed by atoms with Crippen LogP contribution in [0, 0.1) is 6.92 Å². The molecule has 1 aromatic rings. The van der Waals surface area contributed by atoms with Crippen LogP contribution in [-0.4, -0.2) is 11.9 Å². The van der Waals surface area contributed by atoms with E-state index in [-0.39, 0.29) is 5.91 Å². The summed E-state index contributed by atoms with van der Waals surface area (Å²) in [6.07, 6.45) is 1.65. The molecule has 17 heavy (non-hydrogen) atoms. The minimum atomic E-state index is -0.393. The second kappa shape index (κ2) is 6.77. The monoisotopic (exact) mass is 298 g/mol. The van der Waals surface area contributed by atoms with Gasteiger partial charge in [-0.1, -0.05) is 35.3 Å². The van der Waals surface area contributed by atoms with E-state index in [4.69, 9.17) is 5.73 Å². The molecule has 0 aliphatic rings. The van der Waals surface area contributed by atoms with Gasteiger partial charge in [-0.25, -0.2) is 0 Å². The van der Waals surface area contributed by atoms with Crippen molar-refractivity contribution in [3.8, 4) is 0 Å². The smallest absolute Gasteiger partial charge is 0.237 e. The van der Waals surface area contributed by atoms with Gasteiger partial charge in [-0.15, -0.1) is 0 Å². The van der Waals surface area contributed by atoms with E-state index in [1.165, 1.54) is 0 Å². The average Bonchev–Trinajstić information content (AvgIpc) is 2.27. The van der Waals surface area contributed by atoms with Gasteiger partial charge in [0, 0.05) is 11.0 Å². The van der Waals surface area contributed by atoms with E-state index in [2.05, 4.69) is 21.2 Å². The quantitative estimate of drug-likeness (QED) is 0.877. The van der Waals surface area contributed by atoms with Crippen LogP contribution in [0.1, 0.15) is 30.9 Å². The first-order valence-corrected chi connectivity index (χ1v) is 6.62. The third-order valence-corrected chi connectivity index (χ3v) is 3.19. The van der Waals surface area contributed by atoms with Crippen molar-refractivity contribution in [2.24, 2.45) is 5.73 Å². The summed E-state index contributed by atoms with van der Waals surface area (Å²) in [4.78, 5) is 11.6. The van der Waals surface area contributed by atoms with Crippen LogP contribution in [0.5, 0.6) is 0 Å². The molecule has 0 aromatic heterocycles. The summed E-state index contributed by atoms with van der Waals surface area (Å²) >= 11 is 3.41. The molecule has 1 amide bonds. The molecule has 0 fully saturated rings. The molecule has 0 saturated heterocycles. The second-order valence-corrected chi connectivity index (χ2v) is 5.10. The lowest BCUT2D eigenvalue weighted by Gasteiger charge is -2.12. The number of halogens is 1. The normalized spacial score (nSPS) is 12.2. The van der Waals surface area contributed by atoms with Crippen LogP contribution in [-0.2, 0) is 11.3 Å². The van der Waals surface area contributed by atoms with Crippen molar-refractivity contribution < 1.29 is 4.79 Å². The molecule has 1 aromatic carbocycles. The number of nitrogens with one attached hydrogen (secondary N) is 1. The van der Waals surface area contributed by atoms with E-state index in [1.54, 1.807) is 0 Å². The molecule has 0 heterocycles. The Morgan fingerprint density at radius 1 is 1.53 bits per heavy atom. The van der Waals surface area contributed by atoms with E-state index in [1.807, 2.05) is 32.0 Å². The van der Waals surface area contributed by atoms with Crippen molar-refractivity contribution in [3.63, 3.8) is 0 Å². The van der Waals surface area contributed by atoms with Gasteiger partial charge in [0.1, 0.15) is 0 Å². The van der Waals surface area contributed by atoms with E-state index >= 15 is 0 Å². The van der Waals surface area contributed by atoms with Gasteiger partial charge in [0.15, 0.2) is 0 Å². The Balaban J connectivity index is 2.53. The molecule has 3 nitrogen and oxygen atoms in total. The Kier molecular flexibility index (Phi) is 5.65. The minimum Gasteiger partial charge on any atom is -0.351 e. The average molecular weight is 299 g/mol. The molecule has 1 atom stereocenters. The van der Waals surface area contributed by atoms with E-state index < -0.39 is 6.04 Å². The van der Waals surface area contributed by atoms with Gasteiger partial charge in [0.05, 0.1) is 6.04 Å². The highest BCUT2D eigenvalue weighted by Crippen LogP contribution is 2.15. The number of hydrogen-bond acceptors (Lipinski definition) is 2. The largest absolute Gasteiger partial charge is 0.351 e. The number of amides is 1. The maximum absolute atomic E-state index is 11.6. The summed E-state index contributed by atoms with van der Waals surface area (Å²) in [5.74, 6) is -0.0748. The molecule has 0 spiro atoms. The van der Waals surface area contributed by atoms with E-state index in [9.17, 15) is 4.79 Å². The Labute approximate surface area is 111 Å². The number of hydrogen-bond donors (Lipinski definition) is 2. The van der Waals surface area contributed by atoms with Crippen LogP contribution in [0.25, 0.3) is 0 Å². The van der Waals surface area contributed by atoms with E-state index in [0.717, 1.165) is 28.4 Å². The highest BCUT2D eigenvalue weighted by molar-refractivity contribution is 9.10. The lowest BCUT2D eigenvalue weighted by Crippen LogP contribution is -2.40. The van der Waals surface area contributed by atoms with Crippen molar-refractivity contribution in [2.45, 2.75) is 39.3 Å². The van der Waals surface area contributed by atoms with Crippen molar-refractivity contribution in [2.75, 3.05) is 0 Å². The highest BCUT2D eigenvalue weighted by atomic mass is 79.9. The number of carbonyl (C=O) groups is 1. The third kappa shape index (κ3) is 4.48. The molecule has 0 aliphatic heterocycles. The number of rotatable bonds is 5. The standard InChI is InChI=1S/C13H19BrN2O/c1-3-4-12(15)13(17)16-8-10-5-6-11(14)7-9(10)2/h5-7,12H,3-4,8,15H2,1-2H3,(H,16,17). The van der Waals surface area contributed by atoms with Gasteiger partial charge in [0.2, 0.25) is 5.91 Å². The molecular formula is C13H19BrN2O. The third-order valence-electron chi connectivity index (χ3n) is 2.69. The van der Waals surface area contributed by atoms with Gasteiger partial charge >= 0.3 is 0 Å². The number of aryl methyl sites for hydroxylation is 1. The van der Waals surface area contributed by atoms with Gasteiger partial charge in [0.25, 0.3) is 0 Å². The lowest BCUT2D eigenvalue weighted by atomic mass is 10.1. The van der Waals surface area contributed by atoms with Crippen molar-refractivity contribution in [1.29, 1.82) is 0 Å². The topological polar surface area (TPSA) is 55.1 Å². The molecule has 4 heteroatoms. The zero-order chi connectivity index (χ0) is 12.8. The molecular weight excluding hydrogens is 280 g/mol. The first-order chi connectivity index (χ1) is 8.04. The first-order valence-electron chi connectivity index (χ1n) is 5.83. The van der Waals surface area contributed by atoms with Gasteiger partial charge < -0.3 is 11.1 Å². The zero-order valence-electron chi connectivity index (χ0n) is 10.3. The minimum absolute atomic E-state index is 0.0748.